The summed E-state index contributed by atoms with van der Waals surface area (Å²) in [6.45, 7) is 6.61. The number of nitrogens with zero attached hydrogens (tertiary/aromatic N) is 1. The number of benzene rings is 2. The molecule has 2 aromatic carbocycles. The Bertz CT molecular complexity index is 839. The van der Waals surface area contributed by atoms with Gasteiger partial charge >= 0.3 is 0 Å². The summed E-state index contributed by atoms with van der Waals surface area (Å²) in [7, 11) is 0. The zero-order valence-electron chi connectivity index (χ0n) is 12.5. The number of rotatable bonds is 1. The minimum atomic E-state index is -0.102. The Balaban J connectivity index is 2.06. The van der Waals surface area contributed by atoms with Crippen LogP contribution in [0.5, 0.6) is 0 Å². The van der Waals surface area contributed by atoms with Crippen LogP contribution < -0.4 is 5.56 Å². The van der Waals surface area contributed by atoms with Crippen molar-refractivity contribution < 1.29 is 0 Å². The first-order valence-corrected chi connectivity index (χ1v) is 7.03. The SMILES string of the molecule is CC(C)(C)c1ccc(-c2ccc3c(=O)[nH]cnc3c2)cc1. The maximum Gasteiger partial charge on any atom is 0.258 e. The summed E-state index contributed by atoms with van der Waals surface area (Å²) in [5.74, 6) is 0. The van der Waals surface area contributed by atoms with E-state index in [0.717, 1.165) is 16.6 Å². The molecule has 3 heteroatoms. The van der Waals surface area contributed by atoms with Crippen molar-refractivity contribution in [3.63, 3.8) is 0 Å². The van der Waals surface area contributed by atoms with Gasteiger partial charge in [0.05, 0.1) is 17.2 Å². The van der Waals surface area contributed by atoms with Crippen molar-refractivity contribution in [3.8, 4) is 11.1 Å². The molecule has 0 aliphatic carbocycles. The van der Waals surface area contributed by atoms with Crippen LogP contribution in [0, 0.1) is 0 Å². The van der Waals surface area contributed by atoms with Crippen molar-refractivity contribution >= 4 is 10.9 Å². The molecule has 0 radical (unpaired) electrons. The molecule has 106 valence electrons. The number of nitrogens with one attached hydrogen (secondary N) is 1. The van der Waals surface area contributed by atoms with Gasteiger partial charge in [0.2, 0.25) is 0 Å². The van der Waals surface area contributed by atoms with E-state index in [1.165, 1.54) is 11.9 Å². The largest absolute Gasteiger partial charge is 0.313 e. The van der Waals surface area contributed by atoms with Crippen LogP contribution in [0.25, 0.3) is 22.0 Å². The topological polar surface area (TPSA) is 45.8 Å². The van der Waals surface area contributed by atoms with Gasteiger partial charge in [-0.25, -0.2) is 4.98 Å². The zero-order valence-corrected chi connectivity index (χ0v) is 12.5. The summed E-state index contributed by atoms with van der Waals surface area (Å²) in [6, 6.07) is 14.3. The third-order valence-electron chi connectivity index (χ3n) is 3.73. The Labute approximate surface area is 123 Å². The average molecular weight is 278 g/mol. The van der Waals surface area contributed by atoms with Crippen LogP contribution in [0.4, 0.5) is 0 Å². The molecule has 0 spiro atoms. The van der Waals surface area contributed by atoms with E-state index in [-0.39, 0.29) is 11.0 Å². The average Bonchev–Trinajstić information content (AvgIpc) is 2.46. The Kier molecular flexibility index (Phi) is 3.13. The molecule has 0 saturated heterocycles. The second-order valence-corrected chi connectivity index (χ2v) is 6.29. The van der Waals surface area contributed by atoms with Gasteiger partial charge in [-0.1, -0.05) is 51.1 Å². The molecule has 3 rings (SSSR count). The highest BCUT2D eigenvalue weighted by molar-refractivity contribution is 5.83. The smallest absolute Gasteiger partial charge is 0.258 e. The lowest BCUT2D eigenvalue weighted by atomic mass is 9.86. The molecule has 0 unspecified atom stereocenters. The summed E-state index contributed by atoms with van der Waals surface area (Å²) >= 11 is 0. The predicted octanol–water partition coefficient (Wildman–Crippen LogP) is 3.89. The van der Waals surface area contributed by atoms with Gasteiger partial charge in [-0.3, -0.25) is 4.79 Å². The lowest BCUT2D eigenvalue weighted by molar-refractivity contribution is 0.590. The number of hydrogen-bond acceptors (Lipinski definition) is 2. The van der Waals surface area contributed by atoms with Gasteiger partial charge in [0.15, 0.2) is 0 Å². The van der Waals surface area contributed by atoms with Crippen molar-refractivity contribution in [2.45, 2.75) is 26.2 Å². The number of hydrogen-bond donors (Lipinski definition) is 1. The number of fused-ring (bicyclic) bond motifs is 1. The van der Waals surface area contributed by atoms with E-state index in [4.69, 9.17) is 0 Å². The van der Waals surface area contributed by atoms with Crippen molar-refractivity contribution in [1.82, 2.24) is 9.97 Å². The fourth-order valence-electron chi connectivity index (χ4n) is 2.41. The van der Waals surface area contributed by atoms with Gasteiger partial charge in [-0.15, -0.1) is 0 Å². The van der Waals surface area contributed by atoms with Crippen LogP contribution in [0.3, 0.4) is 0 Å². The standard InChI is InChI=1S/C18H18N2O/c1-18(2,3)14-7-4-12(5-8-14)13-6-9-15-16(10-13)19-11-20-17(15)21/h4-11H,1-3H3,(H,19,20,21). The third kappa shape index (κ3) is 2.59. The van der Waals surface area contributed by atoms with Crippen LogP contribution >= 0.6 is 0 Å². The third-order valence-corrected chi connectivity index (χ3v) is 3.73. The van der Waals surface area contributed by atoms with Crippen molar-refractivity contribution in [2.75, 3.05) is 0 Å². The van der Waals surface area contributed by atoms with E-state index in [0.29, 0.717) is 5.39 Å². The molecule has 1 aromatic heterocycles. The summed E-state index contributed by atoms with van der Waals surface area (Å²) < 4.78 is 0. The Hall–Kier alpha value is -2.42. The molecule has 1 heterocycles. The van der Waals surface area contributed by atoms with Gasteiger partial charge in [-0.2, -0.15) is 0 Å². The summed E-state index contributed by atoms with van der Waals surface area (Å²) in [5, 5.41) is 0.618. The normalized spacial score (nSPS) is 11.8. The first-order valence-electron chi connectivity index (χ1n) is 7.03. The van der Waals surface area contributed by atoms with Crippen molar-refractivity contribution in [3.05, 3.63) is 64.7 Å². The highest BCUT2D eigenvalue weighted by Gasteiger charge is 2.13. The van der Waals surface area contributed by atoms with Gasteiger partial charge in [0.25, 0.3) is 5.56 Å². The molecule has 0 fully saturated rings. The molecule has 3 aromatic rings. The van der Waals surface area contributed by atoms with Gasteiger partial charge in [0.1, 0.15) is 0 Å². The Morgan fingerprint density at radius 1 is 0.952 bits per heavy atom. The Morgan fingerprint density at radius 3 is 2.29 bits per heavy atom. The molecule has 1 N–H and O–H groups in total. The van der Waals surface area contributed by atoms with E-state index < -0.39 is 0 Å². The fraction of sp³-hybridized carbons (Fsp3) is 0.222. The lowest BCUT2D eigenvalue weighted by Gasteiger charge is -2.19. The quantitative estimate of drug-likeness (QED) is 0.734. The fourth-order valence-corrected chi connectivity index (χ4v) is 2.41. The second-order valence-electron chi connectivity index (χ2n) is 6.29. The first-order chi connectivity index (χ1) is 9.95. The van der Waals surface area contributed by atoms with E-state index in [1.807, 2.05) is 18.2 Å². The molecule has 0 amide bonds. The molecule has 21 heavy (non-hydrogen) atoms. The highest BCUT2D eigenvalue weighted by atomic mass is 16.1. The first kappa shape index (κ1) is 13.6. The molecular formula is C18H18N2O. The summed E-state index contributed by atoms with van der Waals surface area (Å²) in [5.41, 5.74) is 4.27. The monoisotopic (exact) mass is 278 g/mol. The van der Waals surface area contributed by atoms with E-state index >= 15 is 0 Å². The van der Waals surface area contributed by atoms with Gasteiger partial charge in [-0.05, 0) is 34.2 Å². The maximum absolute atomic E-state index is 11.7. The van der Waals surface area contributed by atoms with E-state index in [9.17, 15) is 4.79 Å². The van der Waals surface area contributed by atoms with Crippen LogP contribution in [-0.4, -0.2) is 9.97 Å². The Morgan fingerprint density at radius 2 is 1.62 bits per heavy atom. The van der Waals surface area contributed by atoms with Crippen LogP contribution in [-0.2, 0) is 5.41 Å². The summed E-state index contributed by atoms with van der Waals surface area (Å²) in [4.78, 5) is 18.5. The summed E-state index contributed by atoms with van der Waals surface area (Å²) in [6.07, 6.45) is 1.44. The maximum atomic E-state index is 11.7. The highest BCUT2D eigenvalue weighted by Crippen LogP contribution is 2.27. The second kappa shape index (κ2) is 4.85. The molecule has 0 aliphatic rings. The van der Waals surface area contributed by atoms with E-state index in [2.05, 4.69) is 55.0 Å². The molecular weight excluding hydrogens is 260 g/mol. The number of aromatic amines is 1. The lowest BCUT2D eigenvalue weighted by Crippen LogP contribution is -2.10. The zero-order chi connectivity index (χ0) is 15.0. The van der Waals surface area contributed by atoms with Crippen LogP contribution in [0.2, 0.25) is 0 Å². The number of H-pyrrole nitrogens is 1. The van der Waals surface area contributed by atoms with Crippen LogP contribution in [0.15, 0.2) is 53.6 Å². The van der Waals surface area contributed by atoms with Gasteiger partial charge in [0, 0.05) is 0 Å². The van der Waals surface area contributed by atoms with Crippen molar-refractivity contribution in [1.29, 1.82) is 0 Å². The van der Waals surface area contributed by atoms with Crippen molar-refractivity contribution in [2.24, 2.45) is 0 Å². The molecule has 0 saturated carbocycles. The molecule has 3 nitrogen and oxygen atoms in total. The van der Waals surface area contributed by atoms with E-state index in [1.54, 1.807) is 0 Å². The molecule has 0 atom stereocenters. The molecule has 0 aliphatic heterocycles. The van der Waals surface area contributed by atoms with Gasteiger partial charge < -0.3 is 4.98 Å². The number of aromatic nitrogens is 2. The molecule has 0 bridgehead atoms. The minimum absolute atomic E-state index is 0.102. The van der Waals surface area contributed by atoms with Crippen LogP contribution in [0.1, 0.15) is 26.3 Å². The minimum Gasteiger partial charge on any atom is -0.313 e. The predicted molar refractivity (Wildman–Crippen MR) is 86.5 cm³/mol.